The average Bonchev–Trinajstić information content (AvgIpc) is 3.11. The van der Waals surface area contributed by atoms with Gasteiger partial charge in [0.25, 0.3) is 5.69 Å². The lowest BCUT2D eigenvalue weighted by atomic mass is 10.1. The summed E-state index contributed by atoms with van der Waals surface area (Å²) in [5, 5.41) is 17.1. The third-order valence-corrected chi connectivity index (χ3v) is 4.07. The molecule has 1 aromatic heterocycles. The molecule has 98 valence electrons. The third-order valence-electron chi connectivity index (χ3n) is 3.21. The Hall–Kier alpha value is -1.95. The number of rotatable bonds is 5. The van der Waals surface area contributed by atoms with Gasteiger partial charge in [0.15, 0.2) is 0 Å². The minimum absolute atomic E-state index is 0.114. The molecule has 5 nitrogen and oxygen atoms in total. The molecule has 1 atom stereocenters. The van der Waals surface area contributed by atoms with Gasteiger partial charge in [-0.15, -0.1) is 11.3 Å². The predicted molar refractivity (Wildman–Crippen MR) is 74.3 cm³/mol. The highest BCUT2D eigenvalue weighted by atomic mass is 32.1. The number of aromatic nitrogens is 1. The maximum Gasteiger partial charge on any atom is 0.269 e. The molecule has 0 spiro atoms. The van der Waals surface area contributed by atoms with Crippen LogP contribution in [0.3, 0.4) is 0 Å². The van der Waals surface area contributed by atoms with Crippen LogP contribution in [0.2, 0.25) is 0 Å². The van der Waals surface area contributed by atoms with Crippen molar-refractivity contribution in [1.29, 1.82) is 0 Å². The molecule has 1 heterocycles. The lowest BCUT2D eigenvalue weighted by molar-refractivity contribution is -0.384. The van der Waals surface area contributed by atoms with Crippen LogP contribution in [0.25, 0.3) is 0 Å². The first-order chi connectivity index (χ1) is 9.24. The second-order valence-electron chi connectivity index (χ2n) is 4.63. The van der Waals surface area contributed by atoms with Crippen LogP contribution in [0, 0.1) is 16.0 Å². The number of benzene rings is 1. The normalized spacial score (nSPS) is 16.0. The summed E-state index contributed by atoms with van der Waals surface area (Å²) >= 11 is 1.64. The van der Waals surface area contributed by atoms with Gasteiger partial charge in [-0.25, -0.2) is 4.98 Å². The maximum atomic E-state index is 10.6. The van der Waals surface area contributed by atoms with E-state index < -0.39 is 0 Å². The summed E-state index contributed by atoms with van der Waals surface area (Å²) < 4.78 is 0. The smallest absolute Gasteiger partial charge is 0.269 e. The number of thiazole rings is 1. The molecule has 1 aromatic carbocycles. The topological polar surface area (TPSA) is 68.1 Å². The van der Waals surface area contributed by atoms with Crippen molar-refractivity contribution in [2.24, 2.45) is 5.92 Å². The molecule has 1 aliphatic carbocycles. The standard InChI is InChI=1S/C13H13N3O2S/c17-16(18)11-5-3-10(4-6-11)15-12(9-1-2-9)13-14-7-8-19-13/h3-9,12,15H,1-2H2/t12-/m0/s1. The van der Waals surface area contributed by atoms with Gasteiger partial charge in [0, 0.05) is 29.4 Å². The van der Waals surface area contributed by atoms with Gasteiger partial charge in [-0.2, -0.15) is 0 Å². The Balaban J connectivity index is 1.77. The minimum Gasteiger partial charge on any atom is -0.376 e. The van der Waals surface area contributed by atoms with Gasteiger partial charge in [0.1, 0.15) is 5.01 Å². The Kier molecular flexibility index (Phi) is 3.16. The molecule has 1 saturated carbocycles. The van der Waals surface area contributed by atoms with Crippen molar-refractivity contribution >= 4 is 22.7 Å². The molecule has 0 radical (unpaired) electrons. The SMILES string of the molecule is O=[N+]([O-])c1ccc(N[C@H](c2nccs2)C2CC2)cc1. The van der Waals surface area contributed by atoms with Gasteiger partial charge in [-0.1, -0.05) is 0 Å². The second-order valence-corrected chi connectivity index (χ2v) is 5.56. The summed E-state index contributed by atoms with van der Waals surface area (Å²) in [6, 6.07) is 6.77. The zero-order chi connectivity index (χ0) is 13.2. The molecule has 3 rings (SSSR count). The van der Waals surface area contributed by atoms with Crippen molar-refractivity contribution in [2.45, 2.75) is 18.9 Å². The number of hydrogen-bond donors (Lipinski definition) is 1. The van der Waals surface area contributed by atoms with Crippen LogP contribution in [0.4, 0.5) is 11.4 Å². The number of anilines is 1. The molecule has 0 amide bonds. The summed E-state index contributed by atoms with van der Waals surface area (Å²) in [7, 11) is 0. The summed E-state index contributed by atoms with van der Waals surface area (Å²) in [4.78, 5) is 14.6. The lowest BCUT2D eigenvalue weighted by Crippen LogP contribution is -2.12. The summed E-state index contributed by atoms with van der Waals surface area (Å²) in [6.07, 6.45) is 4.24. The quantitative estimate of drug-likeness (QED) is 0.668. The molecule has 0 unspecified atom stereocenters. The molecular weight excluding hydrogens is 262 g/mol. The highest BCUT2D eigenvalue weighted by Crippen LogP contribution is 2.43. The minimum atomic E-state index is -0.386. The Bertz CT molecular complexity index is 564. The predicted octanol–water partition coefficient (Wildman–Crippen LogP) is 3.61. The molecule has 2 aromatic rings. The third kappa shape index (κ3) is 2.73. The fourth-order valence-corrected chi connectivity index (χ4v) is 2.84. The maximum absolute atomic E-state index is 10.6. The zero-order valence-electron chi connectivity index (χ0n) is 10.2. The van der Waals surface area contributed by atoms with Crippen LogP contribution in [-0.4, -0.2) is 9.91 Å². The molecule has 6 heteroatoms. The van der Waals surface area contributed by atoms with Crippen LogP contribution in [0.15, 0.2) is 35.8 Å². The Morgan fingerprint density at radius 3 is 2.63 bits per heavy atom. The molecule has 19 heavy (non-hydrogen) atoms. The first kappa shape index (κ1) is 12.1. The Morgan fingerprint density at radius 2 is 2.11 bits per heavy atom. The summed E-state index contributed by atoms with van der Waals surface area (Å²) in [5.74, 6) is 0.626. The Morgan fingerprint density at radius 1 is 1.37 bits per heavy atom. The van der Waals surface area contributed by atoms with E-state index in [1.165, 1.54) is 25.0 Å². The van der Waals surface area contributed by atoms with E-state index in [4.69, 9.17) is 0 Å². The van der Waals surface area contributed by atoms with Crippen molar-refractivity contribution in [2.75, 3.05) is 5.32 Å². The fraction of sp³-hybridized carbons (Fsp3) is 0.308. The molecule has 0 aliphatic heterocycles. The monoisotopic (exact) mass is 275 g/mol. The van der Waals surface area contributed by atoms with Crippen LogP contribution in [0.1, 0.15) is 23.9 Å². The van der Waals surface area contributed by atoms with Crippen LogP contribution < -0.4 is 5.32 Å². The van der Waals surface area contributed by atoms with Gasteiger partial charge in [0.05, 0.1) is 11.0 Å². The van der Waals surface area contributed by atoms with Crippen LogP contribution in [0.5, 0.6) is 0 Å². The van der Waals surface area contributed by atoms with Gasteiger partial charge in [-0.3, -0.25) is 10.1 Å². The highest BCUT2D eigenvalue weighted by molar-refractivity contribution is 7.09. The fourth-order valence-electron chi connectivity index (χ4n) is 2.06. The zero-order valence-corrected chi connectivity index (χ0v) is 11.0. The molecule has 1 fully saturated rings. The van der Waals surface area contributed by atoms with E-state index in [1.54, 1.807) is 23.5 Å². The van der Waals surface area contributed by atoms with E-state index in [1.807, 2.05) is 11.6 Å². The largest absolute Gasteiger partial charge is 0.376 e. The van der Waals surface area contributed by atoms with Crippen molar-refractivity contribution in [3.05, 3.63) is 51.0 Å². The molecule has 1 aliphatic rings. The van der Waals surface area contributed by atoms with E-state index >= 15 is 0 Å². The number of nitro groups is 1. The van der Waals surface area contributed by atoms with Crippen LogP contribution >= 0.6 is 11.3 Å². The van der Waals surface area contributed by atoms with Crippen molar-refractivity contribution in [3.63, 3.8) is 0 Å². The molecular formula is C13H13N3O2S. The van der Waals surface area contributed by atoms with E-state index in [-0.39, 0.29) is 16.7 Å². The van der Waals surface area contributed by atoms with Crippen LogP contribution in [-0.2, 0) is 0 Å². The summed E-state index contributed by atoms with van der Waals surface area (Å²) in [5.41, 5.74) is 1.01. The highest BCUT2D eigenvalue weighted by Gasteiger charge is 2.33. The number of nitrogens with one attached hydrogen (secondary N) is 1. The van der Waals surface area contributed by atoms with Gasteiger partial charge < -0.3 is 5.32 Å². The molecule has 0 saturated heterocycles. The van der Waals surface area contributed by atoms with Crippen molar-refractivity contribution in [3.8, 4) is 0 Å². The molecule has 0 bridgehead atoms. The first-order valence-corrected chi connectivity index (χ1v) is 7.02. The van der Waals surface area contributed by atoms with E-state index in [0.29, 0.717) is 5.92 Å². The number of nitro benzene ring substituents is 1. The second kappa shape index (κ2) is 4.97. The Labute approximate surface area is 114 Å². The summed E-state index contributed by atoms with van der Waals surface area (Å²) in [6.45, 7) is 0. The molecule has 1 N–H and O–H groups in total. The van der Waals surface area contributed by atoms with E-state index in [9.17, 15) is 10.1 Å². The van der Waals surface area contributed by atoms with E-state index in [2.05, 4.69) is 10.3 Å². The van der Waals surface area contributed by atoms with Crippen molar-refractivity contribution in [1.82, 2.24) is 4.98 Å². The number of hydrogen-bond acceptors (Lipinski definition) is 5. The van der Waals surface area contributed by atoms with Gasteiger partial charge >= 0.3 is 0 Å². The average molecular weight is 275 g/mol. The van der Waals surface area contributed by atoms with Gasteiger partial charge in [0.2, 0.25) is 0 Å². The van der Waals surface area contributed by atoms with E-state index in [0.717, 1.165) is 10.7 Å². The van der Waals surface area contributed by atoms with Gasteiger partial charge in [-0.05, 0) is 30.9 Å². The number of non-ortho nitro benzene ring substituents is 1. The van der Waals surface area contributed by atoms with Crippen molar-refractivity contribution < 1.29 is 4.92 Å². The lowest BCUT2D eigenvalue weighted by Gasteiger charge is -2.17. The number of nitrogens with zero attached hydrogens (tertiary/aromatic N) is 2. The first-order valence-electron chi connectivity index (χ1n) is 6.14.